The second kappa shape index (κ2) is 6.15. The zero-order valence-corrected chi connectivity index (χ0v) is 11.4. The van der Waals surface area contributed by atoms with Gasteiger partial charge < -0.3 is 4.90 Å². The number of nitrogens with zero attached hydrogens (tertiary/aromatic N) is 1. The summed E-state index contributed by atoms with van der Waals surface area (Å²) in [4.78, 5) is 3.72. The molecule has 2 rings (SSSR count). The minimum atomic E-state index is 1.12. The summed E-state index contributed by atoms with van der Waals surface area (Å²) < 4.78 is 0. The van der Waals surface area contributed by atoms with Gasteiger partial charge in [-0.1, -0.05) is 63.1 Å². The average Bonchev–Trinajstić information content (AvgIpc) is 2.65. The Balaban J connectivity index is 1.87. The molecule has 1 aromatic carbocycles. The standard InChI is InChI=1S/C15H21NS/c1-3-4-5-6-9-12-16-13(2)17-15-11-8-7-10-14(15)16/h7-8,10-11H,2-6,9,12H2,1H3. The number of benzene rings is 1. The summed E-state index contributed by atoms with van der Waals surface area (Å²) in [5.41, 5.74) is 1.35. The van der Waals surface area contributed by atoms with Crippen molar-refractivity contribution in [3.63, 3.8) is 0 Å². The van der Waals surface area contributed by atoms with Crippen LogP contribution in [0, 0.1) is 0 Å². The van der Waals surface area contributed by atoms with Gasteiger partial charge in [0.05, 0.1) is 10.7 Å². The van der Waals surface area contributed by atoms with E-state index in [1.54, 1.807) is 11.8 Å². The maximum absolute atomic E-state index is 4.15. The lowest BCUT2D eigenvalue weighted by atomic mass is 10.1. The molecule has 0 saturated carbocycles. The highest BCUT2D eigenvalue weighted by Crippen LogP contribution is 2.44. The molecule has 0 spiro atoms. The number of hydrogen-bond acceptors (Lipinski definition) is 2. The highest BCUT2D eigenvalue weighted by Gasteiger charge is 2.22. The number of hydrogen-bond donors (Lipinski definition) is 0. The summed E-state index contributed by atoms with van der Waals surface area (Å²) >= 11 is 1.80. The van der Waals surface area contributed by atoms with Crippen LogP contribution in [0.15, 0.2) is 40.8 Å². The number of fused-ring (bicyclic) bond motifs is 1. The van der Waals surface area contributed by atoms with Crippen LogP contribution in [0.5, 0.6) is 0 Å². The Morgan fingerprint density at radius 1 is 1.12 bits per heavy atom. The average molecular weight is 247 g/mol. The maximum atomic E-state index is 4.15. The van der Waals surface area contributed by atoms with Crippen LogP contribution in [0.3, 0.4) is 0 Å². The largest absolute Gasteiger partial charge is 0.336 e. The van der Waals surface area contributed by atoms with Crippen molar-refractivity contribution in [3.8, 4) is 0 Å². The van der Waals surface area contributed by atoms with Crippen molar-refractivity contribution in [2.24, 2.45) is 0 Å². The van der Waals surface area contributed by atoms with Gasteiger partial charge in [0, 0.05) is 11.4 Å². The van der Waals surface area contributed by atoms with E-state index in [9.17, 15) is 0 Å². The third-order valence-corrected chi connectivity index (χ3v) is 4.19. The van der Waals surface area contributed by atoms with E-state index in [2.05, 4.69) is 42.7 Å². The third kappa shape index (κ3) is 3.06. The van der Waals surface area contributed by atoms with Crippen molar-refractivity contribution in [2.45, 2.75) is 43.9 Å². The molecule has 1 heterocycles. The molecule has 2 heteroatoms. The fourth-order valence-corrected chi connectivity index (χ4v) is 3.18. The molecular formula is C15H21NS. The van der Waals surface area contributed by atoms with E-state index in [0.29, 0.717) is 0 Å². The molecular weight excluding hydrogens is 226 g/mol. The predicted octanol–water partition coefficient (Wildman–Crippen LogP) is 5.04. The van der Waals surface area contributed by atoms with Crippen LogP contribution >= 0.6 is 11.8 Å². The first-order valence-electron chi connectivity index (χ1n) is 6.56. The van der Waals surface area contributed by atoms with E-state index < -0.39 is 0 Å². The maximum Gasteiger partial charge on any atom is 0.0728 e. The van der Waals surface area contributed by atoms with Gasteiger partial charge in [-0.05, 0) is 18.6 Å². The molecule has 0 unspecified atom stereocenters. The molecule has 1 aromatic rings. The number of para-hydroxylation sites is 1. The van der Waals surface area contributed by atoms with Crippen LogP contribution in [0.2, 0.25) is 0 Å². The zero-order valence-electron chi connectivity index (χ0n) is 10.6. The van der Waals surface area contributed by atoms with Gasteiger partial charge in [-0.15, -0.1) is 0 Å². The molecule has 17 heavy (non-hydrogen) atoms. The first kappa shape index (κ1) is 12.6. The van der Waals surface area contributed by atoms with Gasteiger partial charge in [0.15, 0.2) is 0 Å². The smallest absolute Gasteiger partial charge is 0.0728 e. The lowest BCUT2D eigenvalue weighted by molar-refractivity contribution is 0.633. The quantitative estimate of drug-likeness (QED) is 0.648. The lowest BCUT2D eigenvalue weighted by Gasteiger charge is -2.19. The van der Waals surface area contributed by atoms with Crippen molar-refractivity contribution in [1.82, 2.24) is 0 Å². The Labute approximate surface area is 109 Å². The topological polar surface area (TPSA) is 3.24 Å². The molecule has 0 saturated heterocycles. The van der Waals surface area contributed by atoms with Gasteiger partial charge in [0.2, 0.25) is 0 Å². The number of anilines is 1. The first-order valence-corrected chi connectivity index (χ1v) is 7.38. The normalized spacial score (nSPS) is 14.2. The molecule has 92 valence electrons. The highest BCUT2D eigenvalue weighted by atomic mass is 32.2. The van der Waals surface area contributed by atoms with E-state index in [4.69, 9.17) is 0 Å². The lowest BCUT2D eigenvalue weighted by Crippen LogP contribution is -2.18. The van der Waals surface area contributed by atoms with E-state index in [0.717, 1.165) is 6.54 Å². The van der Waals surface area contributed by atoms with Crippen LogP contribution in [-0.2, 0) is 0 Å². The second-order valence-corrected chi connectivity index (χ2v) is 5.64. The summed E-state index contributed by atoms with van der Waals surface area (Å²) in [5, 5.41) is 1.18. The minimum Gasteiger partial charge on any atom is -0.336 e. The molecule has 1 nitrogen and oxygen atoms in total. The zero-order chi connectivity index (χ0) is 12.1. The molecule has 0 N–H and O–H groups in total. The van der Waals surface area contributed by atoms with E-state index in [-0.39, 0.29) is 0 Å². The fourth-order valence-electron chi connectivity index (χ4n) is 2.20. The molecule has 1 aliphatic rings. The SMILES string of the molecule is C=C1Sc2ccccc2N1CCCCCCC. The molecule has 0 bridgehead atoms. The first-order chi connectivity index (χ1) is 8.33. The van der Waals surface area contributed by atoms with Crippen molar-refractivity contribution < 1.29 is 0 Å². The van der Waals surface area contributed by atoms with Crippen molar-refractivity contribution in [1.29, 1.82) is 0 Å². The Morgan fingerprint density at radius 2 is 1.88 bits per heavy atom. The Bertz CT molecular complexity index is 386. The third-order valence-electron chi connectivity index (χ3n) is 3.17. The summed E-state index contributed by atoms with van der Waals surface area (Å²) in [7, 11) is 0. The minimum absolute atomic E-state index is 1.12. The highest BCUT2D eigenvalue weighted by molar-refractivity contribution is 8.03. The van der Waals surface area contributed by atoms with Crippen LogP contribution in [0.25, 0.3) is 0 Å². The van der Waals surface area contributed by atoms with Crippen LogP contribution in [0.1, 0.15) is 39.0 Å². The van der Waals surface area contributed by atoms with Crippen LogP contribution in [0.4, 0.5) is 5.69 Å². The van der Waals surface area contributed by atoms with Gasteiger partial charge >= 0.3 is 0 Å². The number of unbranched alkanes of at least 4 members (excludes halogenated alkanes) is 4. The van der Waals surface area contributed by atoms with Gasteiger partial charge in [-0.2, -0.15) is 0 Å². The summed E-state index contributed by atoms with van der Waals surface area (Å²) in [6, 6.07) is 8.60. The molecule has 0 aromatic heterocycles. The molecule has 0 atom stereocenters. The van der Waals surface area contributed by atoms with Crippen molar-refractivity contribution >= 4 is 17.4 Å². The second-order valence-electron chi connectivity index (χ2n) is 4.53. The number of rotatable bonds is 6. The van der Waals surface area contributed by atoms with Crippen molar-refractivity contribution in [2.75, 3.05) is 11.4 Å². The Hall–Kier alpha value is -0.890. The summed E-state index contributed by atoms with van der Waals surface area (Å²) in [6.07, 6.45) is 6.66. The van der Waals surface area contributed by atoms with Crippen LogP contribution in [-0.4, -0.2) is 6.54 Å². The molecule has 0 aliphatic carbocycles. The molecule has 0 radical (unpaired) electrons. The van der Waals surface area contributed by atoms with Gasteiger partial charge in [0.25, 0.3) is 0 Å². The summed E-state index contributed by atoms with van der Waals surface area (Å²) in [5.74, 6) is 0. The molecule has 0 amide bonds. The predicted molar refractivity (Wildman–Crippen MR) is 77.5 cm³/mol. The van der Waals surface area contributed by atoms with E-state index >= 15 is 0 Å². The van der Waals surface area contributed by atoms with E-state index in [1.807, 2.05) is 0 Å². The monoisotopic (exact) mass is 247 g/mol. The Kier molecular flexibility index (Phi) is 4.55. The van der Waals surface area contributed by atoms with Gasteiger partial charge in [-0.3, -0.25) is 0 Å². The van der Waals surface area contributed by atoms with E-state index in [1.165, 1.54) is 47.7 Å². The molecule has 0 fully saturated rings. The molecule has 1 aliphatic heterocycles. The summed E-state index contributed by atoms with van der Waals surface area (Å²) in [6.45, 7) is 7.53. The fraction of sp³-hybridized carbons (Fsp3) is 0.467. The van der Waals surface area contributed by atoms with Crippen molar-refractivity contribution in [3.05, 3.63) is 35.9 Å². The number of thioether (sulfide) groups is 1. The van der Waals surface area contributed by atoms with Crippen LogP contribution < -0.4 is 4.90 Å². The Morgan fingerprint density at radius 3 is 2.71 bits per heavy atom. The van der Waals surface area contributed by atoms with Gasteiger partial charge in [0.1, 0.15) is 0 Å². The van der Waals surface area contributed by atoms with Gasteiger partial charge in [-0.25, -0.2) is 0 Å².